The van der Waals surface area contributed by atoms with E-state index in [0.717, 1.165) is 37.3 Å². The molecule has 4 nitrogen and oxygen atoms in total. The monoisotopic (exact) mass is 152 g/mol. The topological polar surface area (TPSA) is 53.6 Å². The lowest BCUT2D eigenvalue weighted by molar-refractivity contribution is 0.617. The minimum absolute atomic E-state index is 1.01. The van der Waals surface area contributed by atoms with E-state index in [1.165, 1.54) is 6.42 Å². The first kappa shape index (κ1) is 6.79. The zero-order valence-electron chi connectivity index (χ0n) is 6.43. The molecule has 0 bridgehead atoms. The standard InChI is InChI=1S/C7H12N4/c1-2-6-7(10-11-9-6)3-5-8-4-1/h8H,1-5H2,(H,9,10,11). The van der Waals surface area contributed by atoms with Crippen LogP contribution >= 0.6 is 0 Å². The molecule has 0 atom stereocenters. The third kappa shape index (κ3) is 1.40. The maximum absolute atomic E-state index is 4.09. The van der Waals surface area contributed by atoms with Crippen LogP contribution in [0.5, 0.6) is 0 Å². The predicted molar refractivity (Wildman–Crippen MR) is 41.3 cm³/mol. The number of fused-ring (bicyclic) bond motifs is 1. The number of rotatable bonds is 0. The van der Waals surface area contributed by atoms with Gasteiger partial charge in [-0.1, -0.05) is 0 Å². The molecule has 0 radical (unpaired) electrons. The van der Waals surface area contributed by atoms with E-state index in [0.29, 0.717) is 0 Å². The van der Waals surface area contributed by atoms with Crippen molar-refractivity contribution in [3.63, 3.8) is 0 Å². The summed E-state index contributed by atoms with van der Waals surface area (Å²) < 4.78 is 0. The Labute approximate surface area is 65.4 Å². The molecule has 60 valence electrons. The van der Waals surface area contributed by atoms with E-state index in [-0.39, 0.29) is 0 Å². The second-order valence-corrected chi connectivity index (χ2v) is 2.82. The van der Waals surface area contributed by atoms with E-state index in [1.807, 2.05) is 0 Å². The van der Waals surface area contributed by atoms with E-state index in [1.54, 1.807) is 0 Å². The van der Waals surface area contributed by atoms with Crippen LogP contribution in [0.4, 0.5) is 0 Å². The van der Waals surface area contributed by atoms with Gasteiger partial charge in [0.2, 0.25) is 0 Å². The molecule has 1 aromatic rings. The van der Waals surface area contributed by atoms with Crippen LogP contribution in [0.1, 0.15) is 17.8 Å². The minimum atomic E-state index is 1.01. The SMILES string of the molecule is C1CNCCc2n[nH]nc2C1. The van der Waals surface area contributed by atoms with Crippen LogP contribution in [0, 0.1) is 0 Å². The lowest BCUT2D eigenvalue weighted by atomic mass is 10.1. The van der Waals surface area contributed by atoms with Crippen molar-refractivity contribution in [2.24, 2.45) is 0 Å². The number of hydrogen-bond donors (Lipinski definition) is 2. The second kappa shape index (κ2) is 3.00. The third-order valence-electron chi connectivity index (χ3n) is 2.01. The van der Waals surface area contributed by atoms with Crippen molar-refractivity contribution in [3.8, 4) is 0 Å². The van der Waals surface area contributed by atoms with Crippen LogP contribution in [0.2, 0.25) is 0 Å². The van der Waals surface area contributed by atoms with E-state index >= 15 is 0 Å². The van der Waals surface area contributed by atoms with Gasteiger partial charge in [-0.25, -0.2) is 0 Å². The van der Waals surface area contributed by atoms with Crippen LogP contribution in [-0.2, 0) is 12.8 Å². The van der Waals surface area contributed by atoms with E-state index in [2.05, 4.69) is 20.7 Å². The van der Waals surface area contributed by atoms with Crippen LogP contribution in [0.25, 0.3) is 0 Å². The predicted octanol–water partition coefficient (Wildman–Crippen LogP) is -0.117. The Kier molecular flexibility index (Phi) is 1.85. The maximum Gasteiger partial charge on any atom is 0.0869 e. The van der Waals surface area contributed by atoms with Gasteiger partial charge in [-0.05, 0) is 19.4 Å². The van der Waals surface area contributed by atoms with Crippen LogP contribution in [0.15, 0.2) is 0 Å². The first-order valence-corrected chi connectivity index (χ1v) is 4.06. The summed E-state index contributed by atoms with van der Waals surface area (Å²) in [7, 11) is 0. The summed E-state index contributed by atoms with van der Waals surface area (Å²) in [5, 5.41) is 14.2. The fourth-order valence-corrected chi connectivity index (χ4v) is 1.39. The Morgan fingerprint density at radius 1 is 1.00 bits per heavy atom. The fraction of sp³-hybridized carbons (Fsp3) is 0.714. The Hall–Kier alpha value is -0.900. The Bertz CT molecular complexity index is 208. The highest BCUT2D eigenvalue weighted by Gasteiger charge is 2.08. The number of nitrogens with zero attached hydrogens (tertiary/aromatic N) is 2. The minimum Gasteiger partial charge on any atom is -0.316 e. The molecule has 1 aliphatic rings. The van der Waals surface area contributed by atoms with Crippen molar-refractivity contribution in [1.29, 1.82) is 0 Å². The molecule has 1 aliphatic heterocycles. The molecule has 0 aromatic carbocycles. The summed E-state index contributed by atoms with van der Waals surface area (Å²) in [6.07, 6.45) is 3.23. The maximum atomic E-state index is 4.09. The van der Waals surface area contributed by atoms with E-state index < -0.39 is 0 Å². The molecule has 2 N–H and O–H groups in total. The lowest BCUT2D eigenvalue weighted by Gasteiger charge is -2.07. The zero-order chi connectivity index (χ0) is 7.52. The molecule has 0 unspecified atom stereocenters. The molecule has 2 rings (SSSR count). The molecule has 0 saturated heterocycles. The van der Waals surface area contributed by atoms with Crippen molar-refractivity contribution < 1.29 is 0 Å². The number of aryl methyl sites for hydroxylation is 1. The zero-order valence-corrected chi connectivity index (χ0v) is 6.43. The van der Waals surface area contributed by atoms with Crippen molar-refractivity contribution in [2.45, 2.75) is 19.3 Å². The average Bonchev–Trinajstić information content (AvgIpc) is 2.35. The summed E-state index contributed by atoms with van der Waals surface area (Å²) >= 11 is 0. The average molecular weight is 152 g/mol. The van der Waals surface area contributed by atoms with Gasteiger partial charge in [-0.2, -0.15) is 15.4 Å². The molecule has 0 amide bonds. The van der Waals surface area contributed by atoms with Crippen molar-refractivity contribution >= 4 is 0 Å². The van der Waals surface area contributed by atoms with Gasteiger partial charge < -0.3 is 5.32 Å². The summed E-state index contributed by atoms with van der Waals surface area (Å²) in [6.45, 7) is 2.13. The van der Waals surface area contributed by atoms with E-state index in [4.69, 9.17) is 0 Å². The first-order valence-electron chi connectivity index (χ1n) is 4.06. The van der Waals surface area contributed by atoms with E-state index in [9.17, 15) is 0 Å². The van der Waals surface area contributed by atoms with Crippen LogP contribution in [0.3, 0.4) is 0 Å². The molecule has 0 aliphatic carbocycles. The quantitative estimate of drug-likeness (QED) is 0.545. The summed E-state index contributed by atoms with van der Waals surface area (Å²) in [6, 6.07) is 0. The molecule has 11 heavy (non-hydrogen) atoms. The van der Waals surface area contributed by atoms with Gasteiger partial charge in [0.05, 0.1) is 11.4 Å². The smallest absolute Gasteiger partial charge is 0.0869 e. The first-order chi connectivity index (χ1) is 5.47. The molecule has 2 heterocycles. The number of H-pyrrole nitrogens is 1. The number of nitrogens with one attached hydrogen (secondary N) is 2. The Morgan fingerprint density at radius 2 is 1.82 bits per heavy atom. The van der Waals surface area contributed by atoms with Gasteiger partial charge in [0.15, 0.2) is 0 Å². The van der Waals surface area contributed by atoms with Gasteiger partial charge in [0.1, 0.15) is 0 Å². The van der Waals surface area contributed by atoms with Gasteiger partial charge >= 0.3 is 0 Å². The van der Waals surface area contributed by atoms with Crippen molar-refractivity contribution in [3.05, 3.63) is 11.4 Å². The van der Waals surface area contributed by atoms with Crippen LogP contribution in [-0.4, -0.2) is 28.5 Å². The Morgan fingerprint density at radius 3 is 2.73 bits per heavy atom. The third-order valence-corrected chi connectivity index (χ3v) is 2.01. The molecular formula is C7H12N4. The molecule has 0 saturated carbocycles. The van der Waals surface area contributed by atoms with Crippen molar-refractivity contribution in [2.75, 3.05) is 13.1 Å². The fourth-order valence-electron chi connectivity index (χ4n) is 1.39. The number of aromatic nitrogens is 3. The Balaban J connectivity index is 2.18. The van der Waals surface area contributed by atoms with Crippen LogP contribution < -0.4 is 5.32 Å². The highest BCUT2D eigenvalue weighted by molar-refractivity contribution is 5.09. The molecule has 4 heteroatoms. The summed E-state index contributed by atoms with van der Waals surface area (Å²) in [5.74, 6) is 0. The molecule has 0 spiro atoms. The van der Waals surface area contributed by atoms with Gasteiger partial charge in [0, 0.05) is 13.0 Å². The lowest BCUT2D eigenvalue weighted by Crippen LogP contribution is -2.22. The van der Waals surface area contributed by atoms with Gasteiger partial charge in [-0.15, -0.1) is 0 Å². The normalized spacial score (nSPS) is 18.5. The summed E-state index contributed by atoms with van der Waals surface area (Å²) in [4.78, 5) is 0. The summed E-state index contributed by atoms with van der Waals surface area (Å²) in [5.41, 5.74) is 2.30. The number of hydrogen-bond acceptors (Lipinski definition) is 3. The van der Waals surface area contributed by atoms with Crippen molar-refractivity contribution in [1.82, 2.24) is 20.7 Å². The largest absolute Gasteiger partial charge is 0.316 e. The number of aromatic amines is 1. The second-order valence-electron chi connectivity index (χ2n) is 2.82. The molecule has 1 aromatic heterocycles. The molecule has 0 fully saturated rings. The van der Waals surface area contributed by atoms with Gasteiger partial charge in [-0.3, -0.25) is 0 Å². The highest BCUT2D eigenvalue weighted by Crippen LogP contribution is 2.06. The van der Waals surface area contributed by atoms with Gasteiger partial charge in [0.25, 0.3) is 0 Å². The highest BCUT2D eigenvalue weighted by atomic mass is 15.3. The molecular weight excluding hydrogens is 140 g/mol.